The smallest absolute Gasteiger partial charge is 0.133 e. The Hall–Kier alpha value is -1.31. The molecule has 0 bridgehead atoms. The van der Waals surface area contributed by atoms with E-state index < -0.39 is 0 Å². The lowest BCUT2D eigenvalue weighted by molar-refractivity contribution is -0.125. The van der Waals surface area contributed by atoms with E-state index in [1.54, 1.807) is 6.92 Å². The number of phenolic OH excluding ortho intramolecular Hbond substituents is 1. The van der Waals surface area contributed by atoms with Crippen LogP contribution in [0.15, 0.2) is 12.1 Å². The molecule has 124 valence electrons. The number of rotatable bonds is 1. The number of hydrogen-bond donors (Lipinski definition) is 1. The zero-order chi connectivity index (χ0) is 16.4. The van der Waals surface area contributed by atoms with E-state index in [1.807, 2.05) is 6.07 Å². The number of aromatic hydroxyl groups is 1. The molecule has 1 N–H and O–H groups in total. The lowest BCUT2D eigenvalue weighted by Gasteiger charge is -2.50. The normalized spacial score (nSPS) is 38.6. The van der Waals surface area contributed by atoms with Gasteiger partial charge in [0.15, 0.2) is 0 Å². The van der Waals surface area contributed by atoms with Gasteiger partial charge in [-0.3, -0.25) is 4.79 Å². The van der Waals surface area contributed by atoms with Gasteiger partial charge < -0.3 is 5.11 Å². The van der Waals surface area contributed by atoms with Gasteiger partial charge in [0.1, 0.15) is 11.5 Å². The maximum Gasteiger partial charge on any atom is 0.133 e. The summed E-state index contributed by atoms with van der Waals surface area (Å²) < 4.78 is 0. The standard InChI is InChI=1S/C21H28O2/c1-12-10-17-14-8-9-21(3)18(13(2)22)6-7-19(21)15(14)4-5-16(17)20(23)11-12/h10-11,14-15,18-19,23H,4-9H2,1-3H3/t14-,15+,18+,19-,21+/m0/s1. The topological polar surface area (TPSA) is 37.3 Å². The highest BCUT2D eigenvalue weighted by atomic mass is 16.3. The van der Waals surface area contributed by atoms with E-state index in [4.69, 9.17) is 0 Å². The van der Waals surface area contributed by atoms with Gasteiger partial charge in [-0.05, 0) is 98.3 Å². The number of benzene rings is 1. The Labute approximate surface area is 139 Å². The van der Waals surface area contributed by atoms with E-state index in [9.17, 15) is 9.90 Å². The molecule has 3 aliphatic carbocycles. The molecule has 5 atom stereocenters. The van der Waals surface area contributed by atoms with Crippen LogP contribution in [-0.4, -0.2) is 10.9 Å². The van der Waals surface area contributed by atoms with Gasteiger partial charge in [-0.25, -0.2) is 0 Å². The molecule has 0 amide bonds. The van der Waals surface area contributed by atoms with Crippen LogP contribution in [0.5, 0.6) is 5.75 Å². The largest absolute Gasteiger partial charge is 0.508 e. The van der Waals surface area contributed by atoms with Gasteiger partial charge in [0.2, 0.25) is 0 Å². The fourth-order valence-electron chi connectivity index (χ4n) is 6.48. The van der Waals surface area contributed by atoms with Crippen molar-refractivity contribution in [2.45, 2.75) is 65.2 Å². The van der Waals surface area contributed by atoms with E-state index in [0.717, 1.165) is 19.3 Å². The molecule has 0 aliphatic heterocycles. The summed E-state index contributed by atoms with van der Waals surface area (Å²) in [5.41, 5.74) is 3.99. The first-order valence-electron chi connectivity index (χ1n) is 9.24. The average Bonchev–Trinajstić information content (AvgIpc) is 2.84. The van der Waals surface area contributed by atoms with Gasteiger partial charge in [-0.2, -0.15) is 0 Å². The summed E-state index contributed by atoms with van der Waals surface area (Å²) >= 11 is 0. The highest BCUT2D eigenvalue weighted by molar-refractivity contribution is 5.79. The van der Waals surface area contributed by atoms with Crippen LogP contribution in [0.1, 0.15) is 68.6 Å². The van der Waals surface area contributed by atoms with Crippen LogP contribution in [0.4, 0.5) is 0 Å². The van der Waals surface area contributed by atoms with E-state index in [2.05, 4.69) is 19.9 Å². The van der Waals surface area contributed by atoms with Crippen molar-refractivity contribution < 1.29 is 9.90 Å². The molecule has 0 heterocycles. The van der Waals surface area contributed by atoms with Gasteiger partial charge in [0.05, 0.1) is 0 Å². The minimum atomic E-state index is 0.219. The SMILES string of the molecule is CC(=O)[C@H]1CC[C@H]2[C@@H]3CCc4c(O)cc(C)cc4[C@H]3CC[C@]12C. The van der Waals surface area contributed by atoms with Crippen molar-refractivity contribution in [3.63, 3.8) is 0 Å². The fourth-order valence-corrected chi connectivity index (χ4v) is 6.48. The van der Waals surface area contributed by atoms with Gasteiger partial charge in [0, 0.05) is 5.92 Å². The maximum atomic E-state index is 12.1. The first kappa shape index (κ1) is 15.2. The summed E-state index contributed by atoms with van der Waals surface area (Å²) in [4.78, 5) is 12.1. The Morgan fingerprint density at radius 3 is 2.74 bits per heavy atom. The van der Waals surface area contributed by atoms with Gasteiger partial charge >= 0.3 is 0 Å². The van der Waals surface area contributed by atoms with Gasteiger partial charge in [0.25, 0.3) is 0 Å². The van der Waals surface area contributed by atoms with Crippen LogP contribution in [0.25, 0.3) is 0 Å². The third-order valence-corrected chi connectivity index (χ3v) is 7.46. The molecule has 23 heavy (non-hydrogen) atoms. The van der Waals surface area contributed by atoms with Crippen LogP contribution in [0.2, 0.25) is 0 Å². The quantitative estimate of drug-likeness (QED) is 0.811. The Balaban J connectivity index is 1.72. The average molecular weight is 312 g/mol. The molecule has 2 saturated carbocycles. The number of hydrogen-bond acceptors (Lipinski definition) is 2. The molecule has 0 aromatic heterocycles. The summed E-state index contributed by atoms with van der Waals surface area (Å²) in [6.07, 6.45) is 6.83. The molecule has 1 aromatic rings. The zero-order valence-corrected chi connectivity index (χ0v) is 14.6. The van der Waals surface area contributed by atoms with Crippen LogP contribution < -0.4 is 0 Å². The molecule has 1 aromatic carbocycles. The molecule has 0 radical (unpaired) electrons. The van der Waals surface area contributed by atoms with E-state index in [-0.39, 0.29) is 11.3 Å². The summed E-state index contributed by atoms with van der Waals surface area (Å²) in [5, 5.41) is 10.3. The predicted octanol–water partition coefficient (Wildman–Crippen LogP) is 4.76. The van der Waals surface area contributed by atoms with E-state index in [1.165, 1.54) is 36.0 Å². The van der Waals surface area contributed by atoms with Crippen LogP contribution in [-0.2, 0) is 11.2 Å². The third kappa shape index (κ3) is 2.10. The fraction of sp³-hybridized carbons (Fsp3) is 0.667. The van der Waals surface area contributed by atoms with Gasteiger partial charge in [-0.15, -0.1) is 0 Å². The third-order valence-electron chi connectivity index (χ3n) is 7.46. The molecule has 0 saturated heterocycles. The summed E-state index contributed by atoms with van der Waals surface area (Å²) in [6, 6.07) is 4.22. The number of carbonyl (C=O) groups excluding carboxylic acids is 1. The number of fused-ring (bicyclic) bond motifs is 5. The molecule has 2 nitrogen and oxygen atoms in total. The van der Waals surface area contributed by atoms with Crippen molar-refractivity contribution in [1.29, 1.82) is 0 Å². The summed E-state index contributed by atoms with van der Waals surface area (Å²) in [7, 11) is 0. The van der Waals surface area contributed by atoms with Crippen molar-refractivity contribution in [2.75, 3.05) is 0 Å². The summed E-state index contributed by atoms with van der Waals surface area (Å²) in [5.74, 6) is 3.16. The number of aryl methyl sites for hydroxylation is 1. The van der Waals surface area contributed by atoms with Crippen LogP contribution in [0, 0.1) is 30.1 Å². The second-order valence-electron chi connectivity index (χ2n) is 8.55. The van der Waals surface area contributed by atoms with Crippen molar-refractivity contribution in [3.05, 3.63) is 28.8 Å². The Morgan fingerprint density at radius 2 is 2.00 bits per heavy atom. The predicted molar refractivity (Wildman–Crippen MR) is 91.6 cm³/mol. The van der Waals surface area contributed by atoms with E-state index >= 15 is 0 Å². The molecule has 2 heteroatoms. The first-order valence-corrected chi connectivity index (χ1v) is 9.24. The number of carbonyl (C=O) groups is 1. The highest BCUT2D eigenvalue weighted by Gasteiger charge is 2.55. The first-order chi connectivity index (χ1) is 10.9. The number of Topliss-reactive ketones (excluding diaryl/α,β-unsaturated/α-hetero) is 1. The van der Waals surface area contributed by atoms with E-state index in [0.29, 0.717) is 29.3 Å². The van der Waals surface area contributed by atoms with Crippen molar-refractivity contribution in [1.82, 2.24) is 0 Å². The number of phenols is 1. The Kier molecular flexibility index (Phi) is 3.37. The maximum absolute atomic E-state index is 12.1. The monoisotopic (exact) mass is 312 g/mol. The van der Waals surface area contributed by atoms with Crippen LogP contribution >= 0.6 is 0 Å². The number of ketones is 1. The second kappa shape index (κ2) is 5.09. The second-order valence-corrected chi connectivity index (χ2v) is 8.55. The molecular formula is C21H28O2. The minimum absolute atomic E-state index is 0.219. The molecule has 0 spiro atoms. The summed E-state index contributed by atoms with van der Waals surface area (Å²) in [6.45, 7) is 6.26. The van der Waals surface area contributed by atoms with Crippen molar-refractivity contribution in [3.8, 4) is 5.75 Å². The molecule has 4 rings (SSSR count). The zero-order valence-electron chi connectivity index (χ0n) is 14.6. The molecule has 3 aliphatic rings. The Bertz CT molecular complexity index is 662. The Morgan fingerprint density at radius 1 is 1.22 bits per heavy atom. The van der Waals surface area contributed by atoms with Crippen molar-refractivity contribution >= 4 is 5.78 Å². The molecule has 0 unspecified atom stereocenters. The lowest BCUT2D eigenvalue weighted by Crippen LogP contribution is -2.43. The van der Waals surface area contributed by atoms with Crippen molar-refractivity contribution in [2.24, 2.45) is 23.2 Å². The molecular weight excluding hydrogens is 284 g/mol. The van der Waals surface area contributed by atoms with Crippen LogP contribution in [0.3, 0.4) is 0 Å². The van der Waals surface area contributed by atoms with Gasteiger partial charge in [-0.1, -0.05) is 13.0 Å². The lowest BCUT2D eigenvalue weighted by atomic mass is 9.54. The molecule has 2 fully saturated rings. The minimum Gasteiger partial charge on any atom is -0.508 e. The highest BCUT2D eigenvalue weighted by Crippen LogP contribution is 2.63.